The third-order valence-electron chi connectivity index (χ3n) is 2.80. The van der Waals surface area contributed by atoms with Gasteiger partial charge in [0.2, 0.25) is 0 Å². The molecule has 0 radical (unpaired) electrons. The Bertz CT molecular complexity index is 512. The van der Waals surface area contributed by atoms with E-state index in [1.54, 1.807) is 19.1 Å². The summed E-state index contributed by atoms with van der Waals surface area (Å²) in [6, 6.07) is 4.93. The lowest BCUT2D eigenvalue weighted by molar-refractivity contribution is -0.123. The number of anilines is 1. The van der Waals surface area contributed by atoms with Gasteiger partial charge < -0.3 is 20.5 Å². The van der Waals surface area contributed by atoms with E-state index in [4.69, 9.17) is 15.2 Å². The van der Waals surface area contributed by atoms with Gasteiger partial charge in [-0.1, -0.05) is 0 Å². The highest BCUT2D eigenvalue weighted by Gasteiger charge is 2.23. The molecule has 20 heavy (non-hydrogen) atoms. The number of benzene rings is 1. The molecule has 0 aliphatic heterocycles. The number of rotatable bonds is 6. The van der Waals surface area contributed by atoms with Crippen LogP contribution < -0.4 is 15.8 Å². The minimum absolute atomic E-state index is 0.132. The lowest BCUT2D eigenvalue weighted by atomic mass is 10.2. The van der Waals surface area contributed by atoms with Crippen molar-refractivity contribution in [2.75, 3.05) is 18.9 Å². The monoisotopic (exact) mass is 278 g/mol. The number of hydrogen-bond donors (Lipinski definition) is 2. The standard InChI is InChI=1S/C14H18N2O4/c1-2-19-14(18)11-7-9(15)3-6-12(11)20-8-13(17)16-10-4-5-10/h3,6-7,10H,2,4-5,8,15H2,1H3,(H,16,17). The molecule has 0 unspecified atom stereocenters. The first-order valence-electron chi connectivity index (χ1n) is 6.59. The molecule has 0 atom stereocenters. The normalized spacial score (nSPS) is 13.7. The Morgan fingerprint density at radius 1 is 1.40 bits per heavy atom. The van der Waals surface area contributed by atoms with Crippen LogP contribution in [0, 0.1) is 0 Å². The summed E-state index contributed by atoms with van der Waals surface area (Å²) in [5.74, 6) is -0.417. The first-order valence-corrected chi connectivity index (χ1v) is 6.59. The number of carbonyl (C=O) groups excluding carboxylic acids is 2. The van der Waals surface area contributed by atoms with E-state index in [1.807, 2.05) is 0 Å². The van der Waals surface area contributed by atoms with Gasteiger partial charge in [0, 0.05) is 11.7 Å². The number of carbonyl (C=O) groups is 2. The van der Waals surface area contributed by atoms with Crippen LogP contribution in [0.3, 0.4) is 0 Å². The van der Waals surface area contributed by atoms with Crippen LogP contribution in [0.1, 0.15) is 30.1 Å². The molecular formula is C14H18N2O4. The minimum atomic E-state index is -0.516. The average molecular weight is 278 g/mol. The van der Waals surface area contributed by atoms with Gasteiger partial charge in [-0.2, -0.15) is 0 Å². The van der Waals surface area contributed by atoms with Crippen molar-refractivity contribution in [3.05, 3.63) is 23.8 Å². The maximum Gasteiger partial charge on any atom is 0.341 e. The molecule has 0 saturated heterocycles. The Balaban J connectivity index is 2.01. The van der Waals surface area contributed by atoms with Crippen LogP contribution in [-0.4, -0.2) is 31.1 Å². The Labute approximate surface area is 117 Å². The third-order valence-corrected chi connectivity index (χ3v) is 2.80. The molecule has 1 amide bonds. The lowest BCUT2D eigenvalue weighted by Gasteiger charge is -2.11. The fourth-order valence-electron chi connectivity index (χ4n) is 1.68. The zero-order chi connectivity index (χ0) is 14.5. The third kappa shape index (κ3) is 3.88. The second-order valence-corrected chi connectivity index (χ2v) is 4.61. The number of hydrogen-bond acceptors (Lipinski definition) is 5. The zero-order valence-electron chi connectivity index (χ0n) is 11.3. The predicted molar refractivity (Wildman–Crippen MR) is 73.5 cm³/mol. The van der Waals surface area contributed by atoms with Crippen molar-refractivity contribution in [3.8, 4) is 5.75 Å². The van der Waals surface area contributed by atoms with E-state index >= 15 is 0 Å². The zero-order valence-corrected chi connectivity index (χ0v) is 11.3. The molecule has 6 heteroatoms. The molecule has 0 bridgehead atoms. The van der Waals surface area contributed by atoms with E-state index in [2.05, 4.69) is 5.32 Å². The van der Waals surface area contributed by atoms with E-state index < -0.39 is 5.97 Å². The quantitative estimate of drug-likeness (QED) is 0.600. The maximum atomic E-state index is 11.8. The number of nitrogen functional groups attached to an aromatic ring is 1. The summed E-state index contributed by atoms with van der Waals surface area (Å²) >= 11 is 0. The second kappa shape index (κ2) is 6.27. The maximum absolute atomic E-state index is 11.8. The Morgan fingerprint density at radius 2 is 2.15 bits per heavy atom. The van der Waals surface area contributed by atoms with Crippen molar-refractivity contribution in [3.63, 3.8) is 0 Å². The number of nitrogens with two attached hydrogens (primary N) is 1. The van der Waals surface area contributed by atoms with Gasteiger partial charge in [-0.05, 0) is 38.0 Å². The van der Waals surface area contributed by atoms with Gasteiger partial charge in [0.15, 0.2) is 6.61 Å². The minimum Gasteiger partial charge on any atom is -0.483 e. The fourth-order valence-corrected chi connectivity index (χ4v) is 1.68. The largest absolute Gasteiger partial charge is 0.483 e. The Kier molecular flexibility index (Phi) is 4.45. The molecule has 6 nitrogen and oxygen atoms in total. The van der Waals surface area contributed by atoms with Crippen molar-refractivity contribution < 1.29 is 19.1 Å². The van der Waals surface area contributed by atoms with Crippen LogP contribution in [0.2, 0.25) is 0 Å². The van der Waals surface area contributed by atoms with Crippen molar-refractivity contribution in [1.82, 2.24) is 5.32 Å². The molecule has 1 fully saturated rings. The van der Waals surface area contributed by atoms with Gasteiger partial charge in [-0.15, -0.1) is 0 Å². The van der Waals surface area contributed by atoms with Gasteiger partial charge in [-0.25, -0.2) is 4.79 Å². The van der Waals surface area contributed by atoms with Gasteiger partial charge in [0.05, 0.1) is 6.61 Å². The number of nitrogens with one attached hydrogen (secondary N) is 1. The van der Waals surface area contributed by atoms with Crippen molar-refractivity contribution in [1.29, 1.82) is 0 Å². The van der Waals surface area contributed by atoms with E-state index in [-0.39, 0.29) is 30.7 Å². The first-order chi connectivity index (χ1) is 9.60. The highest BCUT2D eigenvalue weighted by molar-refractivity contribution is 5.93. The molecule has 1 aliphatic carbocycles. The van der Waals surface area contributed by atoms with Crippen LogP contribution in [0.5, 0.6) is 5.75 Å². The second-order valence-electron chi connectivity index (χ2n) is 4.61. The topological polar surface area (TPSA) is 90.7 Å². The van der Waals surface area contributed by atoms with E-state index in [0.717, 1.165) is 12.8 Å². The highest BCUT2D eigenvalue weighted by Crippen LogP contribution is 2.23. The van der Waals surface area contributed by atoms with Crippen molar-refractivity contribution >= 4 is 17.6 Å². The van der Waals surface area contributed by atoms with Gasteiger partial charge in [0.1, 0.15) is 11.3 Å². The lowest BCUT2D eigenvalue weighted by Crippen LogP contribution is -2.30. The van der Waals surface area contributed by atoms with Crippen LogP contribution in [0.4, 0.5) is 5.69 Å². The molecule has 1 aliphatic rings. The summed E-state index contributed by atoms with van der Waals surface area (Å²) in [4.78, 5) is 23.4. The van der Waals surface area contributed by atoms with E-state index in [1.165, 1.54) is 6.07 Å². The summed E-state index contributed by atoms with van der Waals surface area (Å²) in [5.41, 5.74) is 6.31. The van der Waals surface area contributed by atoms with Crippen LogP contribution >= 0.6 is 0 Å². The molecule has 0 spiro atoms. The number of ether oxygens (including phenoxy) is 2. The van der Waals surface area contributed by atoms with Crippen LogP contribution in [-0.2, 0) is 9.53 Å². The number of amides is 1. The van der Waals surface area contributed by atoms with Gasteiger partial charge in [-0.3, -0.25) is 4.79 Å². The number of esters is 1. The SMILES string of the molecule is CCOC(=O)c1cc(N)ccc1OCC(=O)NC1CC1. The molecule has 108 valence electrons. The fraction of sp³-hybridized carbons (Fsp3) is 0.429. The molecule has 0 aromatic heterocycles. The summed E-state index contributed by atoms with van der Waals surface area (Å²) in [6.45, 7) is 1.84. The smallest absolute Gasteiger partial charge is 0.341 e. The van der Waals surface area contributed by atoms with Gasteiger partial charge >= 0.3 is 5.97 Å². The highest BCUT2D eigenvalue weighted by atomic mass is 16.5. The molecule has 1 aromatic carbocycles. The molecule has 2 rings (SSSR count). The van der Waals surface area contributed by atoms with Crippen molar-refractivity contribution in [2.45, 2.75) is 25.8 Å². The summed E-state index contributed by atoms with van der Waals surface area (Å²) < 4.78 is 10.3. The van der Waals surface area contributed by atoms with E-state index in [9.17, 15) is 9.59 Å². The molecule has 3 N–H and O–H groups in total. The molecule has 1 saturated carbocycles. The Hall–Kier alpha value is -2.24. The molecule has 1 aromatic rings. The summed E-state index contributed by atoms with van der Waals surface area (Å²) in [5, 5.41) is 2.80. The summed E-state index contributed by atoms with van der Waals surface area (Å²) in [7, 11) is 0. The van der Waals surface area contributed by atoms with Crippen LogP contribution in [0.15, 0.2) is 18.2 Å². The Morgan fingerprint density at radius 3 is 2.80 bits per heavy atom. The molecular weight excluding hydrogens is 260 g/mol. The summed E-state index contributed by atoms with van der Waals surface area (Å²) in [6.07, 6.45) is 2.03. The van der Waals surface area contributed by atoms with E-state index in [0.29, 0.717) is 11.4 Å². The van der Waals surface area contributed by atoms with Crippen molar-refractivity contribution in [2.24, 2.45) is 0 Å². The predicted octanol–water partition coefficient (Wildman–Crippen LogP) is 1.10. The average Bonchev–Trinajstić information content (AvgIpc) is 3.21. The van der Waals surface area contributed by atoms with Crippen LogP contribution in [0.25, 0.3) is 0 Å². The molecule has 0 heterocycles. The van der Waals surface area contributed by atoms with Gasteiger partial charge in [0.25, 0.3) is 5.91 Å². The first kappa shape index (κ1) is 14.2.